The van der Waals surface area contributed by atoms with Crippen LogP contribution >= 0.6 is 0 Å². The van der Waals surface area contributed by atoms with E-state index in [0.29, 0.717) is 34.6 Å². The number of hydrogen-bond acceptors (Lipinski definition) is 7. The minimum atomic E-state index is -0.920. The van der Waals surface area contributed by atoms with Crippen molar-refractivity contribution in [2.45, 2.75) is 64.4 Å². The van der Waals surface area contributed by atoms with Crippen LogP contribution < -0.4 is 10.1 Å². The third-order valence-corrected chi connectivity index (χ3v) is 7.24. The van der Waals surface area contributed by atoms with Gasteiger partial charge in [-0.2, -0.15) is 0 Å². The number of Topliss-reactive ketones (excluding diaryl/α,β-unsaturated/α-hetero) is 1. The van der Waals surface area contributed by atoms with Crippen LogP contribution in [0.1, 0.15) is 63.9 Å². The van der Waals surface area contributed by atoms with E-state index in [1.54, 1.807) is 7.11 Å². The summed E-state index contributed by atoms with van der Waals surface area (Å²) in [5.74, 6) is -2.58. The second-order valence-corrected chi connectivity index (χ2v) is 9.44. The van der Waals surface area contributed by atoms with Gasteiger partial charge in [0.15, 0.2) is 5.78 Å². The number of carbonyl (C=O) groups excluding carboxylic acids is 3. The molecule has 0 radical (unpaired) electrons. The van der Waals surface area contributed by atoms with Crippen molar-refractivity contribution in [2.75, 3.05) is 14.2 Å². The van der Waals surface area contributed by atoms with E-state index in [-0.39, 0.29) is 17.8 Å². The Hall–Kier alpha value is -3.09. The van der Waals surface area contributed by atoms with Gasteiger partial charge in [0.05, 0.1) is 25.7 Å². The monoisotopic (exact) mass is 467 g/mol. The number of allylic oxidation sites excluding steroid dienone is 3. The normalized spacial score (nSPS) is 25.4. The molecule has 1 aromatic carbocycles. The summed E-state index contributed by atoms with van der Waals surface area (Å²) in [4.78, 5) is 40.0. The van der Waals surface area contributed by atoms with Crippen molar-refractivity contribution in [1.82, 2.24) is 5.32 Å². The molecular weight excluding hydrogens is 434 g/mol. The smallest absolute Gasteiger partial charge is 0.337 e. The number of esters is 2. The molecule has 1 aromatic rings. The maximum atomic E-state index is 13.8. The van der Waals surface area contributed by atoms with Gasteiger partial charge in [0, 0.05) is 22.5 Å². The van der Waals surface area contributed by atoms with Crippen LogP contribution in [0.15, 0.2) is 46.8 Å². The van der Waals surface area contributed by atoms with Crippen molar-refractivity contribution in [2.24, 2.45) is 11.8 Å². The van der Waals surface area contributed by atoms with Crippen LogP contribution in [-0.4, -0.2) is 38.0 Å². The molecule has 34 heavy (non-hydrogen) atoms. The molecule has 1 fully saturated rings. The van der Waals surface area contributed by atoms with Crippen LogP contribution in [0.5, 0.6) is 5.75 Å². The number of carbonyl (C=O) groups is 3. The van der Waals surface area contributed by atoms with Crippen molar-refractivity contribution in [3.05, 3.63) is 52.4 Å². The molecule has 2 aliphatic carbocycles. The molecular formula is C27H33NO6. The molecule has 0 unspecified atom stereocenters. The molecule has 1 aliphatic heterocycles. The molecule has 0 amide bonds. The van der Waals surface area contributed by atoms with E-state index < -0.39 is 23.8 Å². The lowest BCUT2D eigenvalue weighted by Crippen LogP contribution is -2.43. The highest BCUT2D eigenvalue weighted by atomic mass is 16.5. The molecule has 1 saturated carbocycles. The predicted octanol–water partition coefficient (Wildman–Crippen LogP) is 4.18. The predicted molar refractivity (Wildman–Crippen MR) is 126 cm³/mol. The maximum absolute atomic E-state index is 13.8. The third-order valence-electron chi connectivity index (χ3n) is 7.24. The van der Waals surface area contributed by atoms with E-state index >= 15 is 0 Å². The molecule has 0 aromatic heterocycles. The Bertz CT molecular complexity index is 1050. The van der Waals surface area contributed by atoms with Crippen molar-refractivity contribution in [1.29, 1.82) is 0 Å². The highest BCUT2D eigenvalue weighted by molar-refractivity contribution is 6.12. The minimum absolute atomic E-state index is 0.125. The van der Waals surface area contributed by atoms with E-state index in [2.05, 4.69) is 5.32 Å². The standard InChI is InChI=1S/C27H33NO6/c1-15-14-19-24(25(29)21(15)26(30)33-4)23(18-12-8-9-13-20(18)32-3)22(16(2)28-19)27(31)34-17-10-6-5-7-11-17/h8-9,12-13,15,17,21,23,28H,5-7,10-11,14H2,1-4H3/t15-,21-,23-/m0/s1. The summed E-state index contributed by atoms with van der Waals surface area (Å²) in [5.41, 5.74) is 2.90. The van der Waals surface area contributed by atoms with Gasteiger partial charge in [-0.3, -0.25) is 9.59 Å². The number of nitrogens with one attached hydrogen (secondary N) is 1. The molecule has 7 nitrogen and oxygen atoms in total. The number of dihydropyridines is 1. The number of benzene rings is 1. The number of ether oxygens (including phenoxy) is 3. The Kier molecular flexibility index (Phi) is 7.10. The SMILES string of the molecule is COC(=O)[C@@H]1C(=O)C2=C(C[C@@H]1C)NC(C)=C(C(=O)OC1CCCCC1)[C@@H]2c1ccccc1OC. The molecule has 182 valence electrons. The second-order valence-electron chi connectivity index (χ2n) is 9.44. The molecule has 0 bridgehead atoms. The number of para-hydroxylation sites is 1. The van der Waals surface area contributed by atoms with Crippen LogP contribution in [0.25, 0.3) is 0 Å². The fourth-order valence-electron chi connectivity index (χ4n) is 5.56. The number of ketones is 1. The van der Waals surface area contributed by atoms with Gasteiger partial charge in [0.1, 0.15) is 17.8 Å². The maximum Gasteiger partial charge on any atom is 0.337 e. The van der Waals surface area contributed by atoms with Gasteiger partial charge in [0.2, 0.25) is 0 Å². The number of rotatable bonds is 5. The highest BCUT2D eigenvalue weighted by Crippen LogP contribution is 2.47. The average Bonchev–Trinajstić information content (AvgIpc) is 2.83. The fourth-order valence-corrected chi connectivity index (χ4v) is 5.56. The van der Waals surface area contributed by atoms with Crippen LogP contribution in [0.2, 0.25) is 0 Å². The first-order valence-corrected chi connectivity index (χ1v) is 12.0. The Balaban J connectivity index is 1.82. The summed E-state index contributed by atoms with van der Waals surface area (Å²) in [6, 6.07) is 7.37. The van der Waals surface area contributed by atoms with Crippen molar-refractivity contribution in [3.8, 4) is 5.75 Å². The zero-order valence-corrected chi connectivity index (χ0v) is 20.3. The van der Waals surface area contributed by atoms with Gasteiger partial charge in [-0.05, 0) is 51.0 Å². The molecule has 7 heteroatoms. The lowest BCUT2D eigenvalue weighted by Gasteiger charge is -2.38. The zero-order chi connectivity index (χ0) is 24.4. The minimum Gasteiger partial charge on any atom is -0.496 e. The fraction of sp³-hybridized carbons (Fsp3) is 0.519. The molecule has 3 atom stereocenters. The molecule has 1 N–H and O–H groups in total. The van der Waals surface area contributed by atoms with E-state index in [4.69, 9.17) is 14.2 Å². The largest absolute Gasteiger partial charge is 0.496 e. The van der Waals surface area contributed by atoms with Gasteiger partial charge < -0.3 is 19.5 Å². The molecule has 0 saturated heterocycles. The average molecular weight is 468 g/mol. The van der Waals surface area contributed by atoms with Crippen LogP contribution in [0, 0.1) is 11.8 Å². The Morgan fingerprint density at radius 2 is 1.76 bits per heavy atom. The number of methoxy groups -OCH3 is 2. The van der Waals surface area contributed by atoms with Crippen molar-refractivity contribution in [3.63, 3.8) is 0 Å². The molecule has 1 heterocycles. The molecule has 4 rings (SSSR count). The quantitative estimate of drug-likeness (QED) is 0.513. The van der Waals surface area contributed by atoms with E-state index in [1.165, 1.54) is 7.11 Å². The van der Waals surface area contributed by atoms with E-state index in [1.807, 2.05) is 38.1 Å². The lowest BCUT2D eigenvalue weighted by molar-refractivity contribution is -0.151. The van der Waals surface area contributed by atoms with Gasteiger partial charge in [-0.25, -0.2) is 4.79 Å². The summed E-state index contributed by atoms with van der Waals surface area (Å²) < 4.78 is 16.5. The Morgan fingerprint density at radius 3 is 2.44 bits per heavy atom. The molecule has 3 aliphatic rings. The van der Waals surface area contributed by atoms with Crippen molar-refractivity contribution >= 4 is 17.7 Å². The zero-order valence-electron chi connectivity index (χ0n) is 20.3. The highest BCUT2D eigenvalue weighted by Gasteiger charge is 2.48. The van der Waals surface area contributed by atoms with Crippen LogP contribution in [0.4, 0.5) is 0 Å². The first-order chi connectivity index (χ1) is 16.4. The summed E-state index contributed by atoms with van der Waals surface area (Å²) in [5, 5.41) is 3.31. The summed E-state index contributed by atoms with van der Waals surface area (Å²) in [6.07, 6.45) is 5.29. The first-order valence-electron chi connectivity index (χ1n) is 12.0. The van der Waals surface area contributed by atoms with Crippen molar-refractivity contribution < 1.29 is 28.6 Å². The second kappa shape index (κ2) is 10.0. The van der Waals surface area contributed by atoms with E-state index in [0.717, 1.165) is 37.8 Å². The van der Waals surface area contributed by atoms with Gasteiger partial charge >= 0.3 is 11.9 Å². The lowest BCUT2D eigenvalue weighted by atomic mass is 9.69. The molecule has 0 spiro atoms. The van der Waals surface area contributed by atoms with Gasteiger partial charge in [0.25, 0.3) is 0 Å². The topological polar surface area (TPSA) is 90.9 Å². The first kappa shape index (κ1) is 24.0. The number of hydrogen-bond donors (Lipinski definition) is 1. The Morgan fingerprint density at radius 1 is 1.06 bits per heavy atom. The van der Waals surface area contributed by atoms with Gasteiger partial charge in [-0.1, -0.05) is 31.5 Å². The summed E-state index contributed by atoms with van der Waals surface area (Å²) in [7, 11) is 2.86. The Labute approximate surface area is 200 Å². The summed E-state index contributed by atoms with van der Waals surface area (Å²) in [6.45, 7) is 3.71. The summed E-state index contributed by atoms with van der Waals surface area (Å²) >= 11 is 0. The van der Waals surface area contributed by atoms with Crippen LogP contribution in [0.3, 0.4) is 0 Å². The third kappa shape index (κ3) is 4.36. The van der Waals surface area contributed by atoms with Gasteiger partial charge in [-0.15, -0.1) is 0 Å². The van der Waals surface area contributed by atoms with Crippen LogP contribution in [-0.2, 0) is 23.9 Å². The van der Waals surface area contributed by atoms with E-state index in [9.17, 15) is 14.4 Å².